The van der Waals surface area contributed by atoms with Gasteiger partial charge in [-0.05, 0) is 52.3 Å². The number of ether oxygens (including phenoxy) is 2. The summed E-state index contributed by atoms with van der Waals surface area (Å²) in [6.07, 6.45) is 1.62. The summed E-state index contributed by atoms with van der Waals surface area (Å²) < 4.78 is 11.2. The molecule has 0 saturated carbocycles. The summed E-state index contributed by atoms with van der Waals surface area (Å²) in [6.45, 7) is 0. The first-order chi connectivity index (χ1) is 11.1. The molecule has 0 fully saturated rings. The van der Waals surface area contributed by atoms with E-state index in [1.807, 2.05) is 6.07 Å². The van der Waals surface area contributed by atoms with Crippen molar-refractivity contribution in [2.24, 2.45) is 5.10 Å². The fraction of sp³-hybridized carbons (Fsp3) is 0.125. The Labute approximate surface area is 141 Å². The largest absolute Gasteiger partial charge is 0.493 e. The molecule has 0 aromatic heterocycles. The zero-order valence-electron chi connectivity index (χ0n) is 12.5. The van der Waals surface area contributed by atoms with E-state index in [1.165, 1.54) is 12.1 Å². The number of hydrogen-bond acceptors (Lipinski definition) is 5. The van der Waals surface area contributed by atoms with Gasteiger partial charge in [0, 0.05) is 5.56 Å². The monoisotopic (exact) mass is 378 g/mol. The lowest BCUT2D eigenvalue weighted by Crippen LogP contribution is -1.97. The summed E-state index contributed by atoms with van der Waals surface area (Å²) in [5, 5.41) is 13.0. The van der Waals surface area contributed by atoms with Crippen molar-refractivity contribution in [2.45, 2.75) is 0 Å². The molecule has 23 heavy (non-hydrogen) atoms. The van der Waals surface area contributed by atoms with Crippen LogP contribution in [0.5, 0.6) is 11.5 Å². The number of carbonyl (C=O) groups is 1. The average molecular weight is 379 g/mol. The highest BCUT2D eigenvalue weighted by Crippen LogP contribution is 2.36. The minimum atomic E-state index is -0.964. The van der Waals surface area contributed by atoms with E-state index in [1.54, 1.807) is 38.6 Å². The van der Waals surface area contributed by atoms with Crippen LogP contribution in [0.25, 0.3) is 0 Å². The summed E-state index contributed by atoms with van der Waals surface area (Å²) in [5.41, 5.74) is 4.55. The molecule has 0 unspecified atom stereocenters. The van der Waals surface area contributed by atoms with Gasteiger partial charge in [-0.3, -0.25) is 5.43 Å². The molecule has 2 aromatic rings. The Balaban J connectivity index is 2.13. The number of methoxy groups -OCH3 is 2. The normalized spacial score (nSPS) is 10.6. The van der Waals surface area contributed by atoms with Gasteiger partial charge in [-0.25, -0.2) is 4.79 Å². The van der Waals surface area contributed by atoms with Gasteiger partial charge >= 0.3 is 5.97 Å². The van der Waals surface area contributed by atoms with Crippen LogP contribution in [-0.2, 0) is 0 Å². The summed E-state index contributed by atoms with van der Waals surface area (Å²) in [5.74, 6) is 0.241. The third kappa shape index (κ3) is 4.01. The van der Waals surface area contributed by atoms with Crippen LogP contribution in [-0.4, -0.2) is 31.5 Å². The number of aromatic carboxylic acids is 1. The van der Waals surface area contributed by atoms with Gasteiger partial charge in [-0.1, -0.05) is 0 Å². The van der Waals surface area contributed by atoms with Crippen molar-refractivity contribution in [2.75, 3.05) is 19.6 Å². The van der Waals surface area contributed by atoms with Gasteiger partial charge in [0.05, 0.1) is 36.2 Å². The average Bonchev–Trinajstić information content (AvgIpc) is 2.56. The second-order valence-corrected chi connectivity index (χ2v) is 5.25. The molecule has 0 atom stereocenters. The van der Waals surface area contributed by atoms with E-state index >= 15 is 0 Å². The number of rotatable bonds is 6. The topological polar surface area (TPSA) is 80.2 Å². The first-order valence-electron chi connectivity index (χ1n) is 6.59. The number of hydrogen-bond donors (Lipinski definition) is 2. The molecule has 0 saturated heterocycles. The highest BCUT2D eigenvalue weighted by Gasteiger charge is 2.11. The Morgan fingerprint density at radius 3 is 2.43 bits per heavy atom. The zero-order chi connectivity index (χ0) is 16.8. The predicted octanol–water partition coefficient (Wildman–Crippen LogP) is 3.61. The molecule has 0 amide bonds. The third-order valence-electron chi connectivity index (χ3n) is 3.04. The van der Waals surface area contributed by atoms with Gasteiger partial charge in [0.2, 0.25) is 0 Å². The van der Waals surface area contributed by atoms with Crippen molar-refractivity contribution in [3.63, 3.8) is 0 Å². The van der Waals surface area contributed by atoms with Gasteiger partial charge in [-0.15, -0.1) is 0 Å². The first kappa shape index (κ1) is 16.8. The standard InChI is InChI=1S/C16H15BrN2O4/c1-22-13-8-5-11(14(17)15(13)23-2)9-18-19-12-6-3-10(4-7-12)16(20)21/h3-9,19H,1-2H3,(H,20,21). The van der Waals surface area contributed by atoms with Crippen LogP contribution >= 0.6 is 15.9 Å². The zero-order valence-corrected chi connectivity index (χ0v) is 14.1. The molecule has 0 aliphatic rings. The van der Waals surface area contributed by atoms with Gasteiger partial charge in [-0.2, -0.15) is 5.10 Å². The van der Waals surface area contributed by atoms with Gasteiger partial charge in [0.25, 0.3) is 0 Å². The lowest BCUT2D eigenvalue weighted by Gasteiger charge is -2.10. The molecular formula is C16H15BrN2O4. The number of carboxylic acids is 1. The van der Waals surface area contributed by atoms with Crippen LogP contribution in [0.1, 0.15) is 15.9 Å². The van der Waals surface area contributed by atoms with Crippen molar-refractivity contribution in [1.29, 1.82) is 0 Å². The van der Waals surface area contributed by atoms with Crippen molar-refractivity contribution >= 4 is 33.8 Å². The molecular weight excluding hydrogens is 364 g/mol. The maximum absolute atomic E-state index is 10.8. The van der Waals surface area contributed by atoms with E-state index in [0.29, 0.717) is 17.2 Å². The molecule has 0 radical (unpaired) electrons. The summed E-state index contributed by atoms with van der Waals surface area (Å²) in [7, 11) is 3.13. The number of nitrogens with one attached hydrogen (secondary N) is 1. The molecule has 0 heterocycles. The number of hydrazone groups is 1. The maximum atomic E-state index is 10.8. The number of carboxylic acid groups (broad SMARTS) is 1. The molecule has 7 heteroatoms. The third-order valence-corrected chi connectivity index (χ3v) is 3.86. The minimum Gasteiger partial charge on any atom is -0.493 e. The lowest BCUT2D eigenvalue weighted by atomic mass is 10.2. The van der Waals surface area contributed by atoms with E-state index in [0.717, 1.165) is 10.0 Å². The molecule has 2 rings (SSSR count). The Bertz CT molecular complexity index is 730. The second-order valence-electron chi connectivity index (χ2n) is 4.46. The highest BCUT2D eigenvalue weighted by molar-refractivity contribution is 9.10. The molecule has 0 aliphatic carbocycles. The van der Waals surface area contributed by atoms with Crippen molar-refractivity contribution < 1.29 is 19.4 Å². The fourth-order valence-electron chi connectivity index (χ4n) is 1.87. The SMILES string of the molecule is COc1ccc(C=NNc2ccc(C(=O)O)cc2)c(Br)c1OC. The molecule has 120 valence electrons. The number of halogens is 1. The van der Waals surface area contributed by atoms with E-state index < -0.39 is 5.97 Å². The fourth-order valence-corrected chi connectivity index (χ4v) is 2.46. The van der Waals surface area contributed by atoms with Gasteiger partial charge < -0.3 is 14.6 Å². The van der Waals surface area contributed by atoms with Crippen LogP contribution in [0.15, 0.2) is 46.0 Å². The second kappa shape index (κ2) is 7.64. The van der Waals surface area contributed by atoms with E-state index in [4.69, 9.17) is 14.6 Å². The smallest absolute Gasteiger partial charge is 0.335 e. The lowest BCUT2D eigenvalue weighted by molar-refractivity contribution is 0.0697. The summed E-state index contributed by atoms with van der Waals surface area (Å²) in [6, 6.07) is 9.92. The van der Waals surface area contributed by atoms with E-state index in [-0.39, 0.29) is 5.56 Å². The molecule has 2 N–H and O–H groups in total. The van der Waals surface area contributed by atoms with Crippen LogP contribution in [0.3, 0.4) is 0 Å². The summed E-state index contributed by atoms with van der Waals surface area (Å²) >= 11 is 3.46. The Morgan fingerprint density at radius 2 is 1.87 bits per heavy atom. The van der Waals surface area contributed by atoms with Gasteiger partial charge in [0.1, 0.15) is 0 Å². The predicted molar refractivity (Wildman–Crippen MR) is 91.9 cm³/mol. The number of nitrogens with zero attached hydrogens (tertiary/aromatic N) is 1. The van der Waals surface area contributed by atoms with Crippen LogP contribution in [0, 0.1) is 0 Å². The molecule has 0 aliphatic heterocycles. The molecule has 2 aromatic carbocycles. The van der Waals surface area contributed by atoms with Crippen LogP contribution in [0.4, 0.5) is 5.69 Å². The van der Waals surface area contributed by atoms with Crippen molar-refractivity contribution in [3.05, 3.63) is 52.0 Å². The Hall–Kier alpha value is -2.54. The molecule has 6 nitrogen and oxygen atoms in total. The first-order valence-corrected chi connectivity index (χ1v) is 7.39. The maximum Gasteiger partial charge on any atom is 0.335 e. The molecule has 0 spiro atoms. The number of anilines is 1. The number of benzene rings is 2. The molecule has 0 bridgehead atoms. The van der Waals surface area contributed by atoms with Gasteiger partial charge in [0.15, 0.2) is 11.5 Å². The summed E-state index contributed by atoms with van der Waals surface area (Å²) in [4.78, 5) is 10.8. The van der Waals surface area contributed by atoms with Crippen molar-refractivity contribution in [3.8, 4) is 11.5 Å². The van der Waals surface area contributed by atoms with Crippen molar-refractivity contribution in [1.82, 2.24) is 0 Å². The highest BCUT2D eigenvalue weighted by atomic mass is 79.9. The van der Waals surface area contributed by atoms with E-state index in [2.05, 4.69) is 26.5 Å². The van der Waals surface area contributed by atoms with E-state index in [9.17, 15) is 4.79 Å². The Morgan fingerprint density at radius 1 is 1.17 bits per heavy atom. The van der Waals surface area contributed by atoms with Crippen LogP contribution < -0.4 is 14.9 Å². The minimum absolute atomic E-state index is 0.224. The van der Waals surface area contributed by atoms with Crippen LogP contribution in [0.2, 0.25) is 0 Å². The quantitative estimate of drug-likeness (QED) is 0.592. The Kier molecular flexibility index (Phi) is 5.59.